The Kier molecular flexibility index (Phi) is 6.46. The molecule has 2 amide bonds. The third-order valence-electron chi connectivity index (χ3n) is 4.94. The number of amides is 2. The van der Waals surface area contributed by atoms with Crippen molar-refractivity contribution in [2.24, 2.45) is 0 Å². The molecule has 160 valence electrons. The fourth-order valence-corrected chi connectivity index (χ4v) is 4.59. The molecule has 4 rings (SSSR count). The number of hydrogen-bond donors (Lipinski definition) is 1. The molecule has 1 saturated heterocycles. The number of carbonyl (C=O) groups excluding carboxylic acids is 2. The SMILES string of the molecule is Cc1ccc(N2C(=O)/C(=C/c3ccc(Sc4ccc(Cl)cc4)cc3)C(=O)NC2=S)c(C)c1. The second-order valence-corrected chi connectivity index (χ2v) is 9.34. The summed E-state index contributed by atoms with van der Waals surface area (Å²) >= 11 is 12.8. The zero-order chi connectivity index (χ0) is 22.8. The molecule has 0 aromatic heterocycles. The predicted octanol–water partition coefficient (Wildman–Crippen LogP) is 5.94. The van der Waals surface area contributed by atoms with Gasteiger partial charge >= 0.3 is 0 Å². The highest BCUT2D eigenvalue weighted by atomic mass is 35.5. The van der Waals surface area contributed by atoms with Crippen LogP contribution >= 0.6 is 35.6 Å². The first kappa shape index (κ1) is 22.3. The van der Waals surface area contributed by atoms with Gasteiger partial charge in [0, 0.05) is 14.8 Å². The molecule has 0 unspecified atom stereocenters. The summed E-state index contributed by atoms with van der Waals surface area (Å²) in [4.78, 5) is 29.2. The average Bonchev–Trinajstić information content (AvgIpc) is 2.75. The third kappa shape index (κ3) is 4.78. The molecule has 0 atom stereocenters. The van der Waals surface area contributed by atoms with E-state index < -0.39 is 11.8 Å². The Balaban J connectivity index is 1.59. The molecule has 4 nitrogen and oxygen atoms in total. The Bertz CT molecular complexity index is 1250. The number of benzene rings is 3. The lowest BCUT2D eigenvalue weighted by molar-refractivity contribution is -0.122. The zero-order valence-corrected chi connectivity index (χ0v) is 19.8. The summed E-state index contributed by atoms with van der Waals surface area (Å²) in [7, 11) is 0. The first-order chi connectivity index (χ1) is 15.3. The van der Waals surface area contributed by atoms with Gasteiger partial charge in [0.2, 0.25) is 0 Å². The zero-order valence-electron chi connectivity index (χ0n) is 17.4. The van der Waals surface area contributed by atoms with Gasteiger partial charge in [-0.3, -0.25) is 19.8 Å². The number of thiocarbonyl (C=S) groups is 1. The van der Waals surface area contributed by atoms with Crippen LogP contribution in [0.3, 0.4) is 0 Å². The third-order valence-corrected chi connectivity index (χ3v) is 6.49. The summed E-state index contributed by atoms with van der Waals surface area (Å²) in [5.74, 6) is -0.939. The van der Waals surface area contributed by atoms with Crippen molar-refractivity contribution >= 4 is 64.3 Å². The molecule has 0 radical (unpaired) electrons. The van der Waals surface area contributed by atoms with Crippen LogP contribution in [-0.2, 0) is 9.59 Å². The minimum absolute atomic E-state index is 0.0386. The van der Waals surface area contributed by atoms with E-state index in [1.165, 1.54) is 4.90 Å². The van der Waals surface area contributed by atoms with E-state index in [1.54, 1.807) is 17.8 Å². The van der Waals surface area contributed by atoms with E-state index >= 15 is 0 Å². The van der Waals surface area contributed by atoms with Crippen LogP contribution in [0.1, 0.15) is 16.7 Å². The molecule has 1 aliphatic heterocycles. The number of rotatable bonds is 4. The van der Waals surface area contributed by atoms with E-state index in [0.717, 1.165) is 26.5 Å². The molecule has 0 bridgehead atoms. The molecule has 1 N–H and O–H groups in total. The molecule has 32 heavy (non-hydrogen) atoms. The van der Waals surface area contributed by atoms with Gasteiger partial charge in [-0.2, -0.15) is 0 Å². The van der Waals surface area contributed by atoms with E-state index in [-0.39, 0.29) is 10.7 Å². The molecule has 3 aromatic carbocycles. The first-order valence-corrected chi connectivity index (χ1v) is 11.4. The van der Waals surface area contributed by atoms with Gasteiger partial charge in [0.15, 0.2) is 5.11 Å². The number of anilines is 1. The van der Waals surface area contributed by atoms with Crippen LogP contribution in [0.4, 0.5) is 5.69 Å². The van der Waals surface area contributed by atoms with Crippen LogP contribution in [0.2, 0.25) is 5.02 Å². The number of carbonyl (C=O) groups is 2. The number of aryl methyl sites for hydroxylation is 2. The van der Waals surface area contributed by atoms with Gasteiger partial charge in [-0.25, -0.2) is 0 Å². The minimum Gasteiger partial charge on any atom is -0.298 e. The van der Waals surface area contributed by atoms with E-state index in [1.807, 2.05) is 80.6 Å². The molecule has 7 heteroatoms. The van der Waals surface area contributed by atoms with E-state index in [2.05, 4.69) is 5.32 Å². The van der Waals surface area contributed by atoms with Gasteiger partial charge in [0.25, 0.3) is 11.8 Å². The summed E-state index contributed by atoms with van der Waals surface area (Å²) in [5.41, 5.74) is 3.43. The van der Waals surface area contributed by atoms with E-state index in [0.29, 0.717) is 10.7 Å². The van der Waals surface area contributed by atoms with Crippen LogP contribution < -0.4 is 10.2 Å². The highest BCUT2D eigenvalue weighted by molar-refractivity contribution is 7.99. The number of hydrogen-bond acceptors (Lipinski definition) is 4. The van der Waals surface area contributed by atoms with Gasteiger partial charge in [-0.15, -0.1) is 0 Å². The van der Waals surface area contributed by atoms with Gasteiger partial charge in [-0.1, -0.05) is 53.2 Å². The van der Waals surface area contributed by atoms with Crippen molar-refractivity contribution in [3.8, 4) is 0 Å². The van der Waals surface area contributed by atoms with Gasteiger partial charge < -0.3 is 0 Å². The second kappa shape index (κ2) is 9.28. The van der Waals surface area contributed by atoms with E-state index in [4.69, 9.17) is 23.8 Å². The summed E-state index contributed by atoms with van der Waals surface area (Å²) in [6.45, 7) is 3.89. The largest absolute Gasteiger partial charge is 0.298 e. The summed E-state index contributed by atoms with van der Waals surface area (Å²) in [5, 5.41) is 3.41. The van der Waals surface area contributed by atoms with Crippen LogP contribution in [-0.4, -0.2) is 16.9 Å². The maximum atomic E-state index is 13.2. The van der Waals surface area contributed by atoms with Gasteiger partial charge in [-0.05, 0) is 85.7 Å². The minimum atomic E-state index is -0.499. The Morgan fingerprint density at radius 1 is 0.938 bits per heavy atom. The molecule has 0 aliphatic carbocycles. The Morgan fingerprint density at radius 2 is 1.56 bits per heavy atom. The number of halogens is 1. The second-order valence-electron chi connectivity index (χ2n) is 7.37. The van der Waals surface area contributed by atoms with Crippen LogP contribution in [0.25, 0.3) is 6.08 Å². The van der Waals surface area contributed by atoms with Crippen molar-refractivity contribution in [1.82, 2.24) is 5.32 Å². The van der Waals surface area contributed by atoms with Gasteiger partial charge in [0.1, 0.15) is 5.57 Å². The lowest BCUT2D eigenvalue weighted by Gasteiger charge is -2.30. The fraction of sp³-hybridized carbons (Fsp3) is 0.0800. The maximum Gasteiger partial charge on any atom is 0.270 e. The van der Waals surface area contributed by atoms with Crippen LogP contribution in [0, 0.1) is 13.8 Å². The van der Waals surface area contributed by atoms with Crippen LogP contribution in [0.5, 0.6) is 0 Å². The number of nitrogens with zero attached hydrogens (tertiary/aromatic N) is 1. The molecular formula is C25H19ClN2O2S2. The fourth-order valence-electron chi connectivity index (χ4n) is 3.37. The monoisotopic (exact) mass is 478 g/mol. The maximum absolute atomic E-state index is 13.2. The molecular weight excluding hydrogens is 460 g/mol. The van der Waals surface area contributed by atoms with Crippen LogP contribution in [0.15, 0.2) is 82.1 Å². The van der Waals surface area contributed by atoms with Crippen molar-refractivity contribution in [3.05, 3.63) is 94.0 Å². The van der Waals surface area contributed by atoms with E-state index in [9.17, 15) is 9.59 Å². The summed E-state index contributed by atoms with van der Waals surface area (Å²) in [6.07, 6.45) is 1.59. The summed E-state index contributed by atoms with van der Waals surface area (Å²) < 4.78 is 0. The Labute approximate surface area is 201 Å². The Hall–Kier alpha value is -2.93. The van der Waals surface area contributed by atoms with Crippen molar-refractivity contribution in [2.45, 2.75) is 23.6 Å². The average molecular weight is 479 g/mol. The first-order valence-electron chi connectivity index (χ1n) is 9.84. The lowest BCUT2D eigenvalue weighted by Crippen LogP contribution is -2.54. The summed E-state index contributed by atoms with van der Waals surface area (Å²) in [6, 6.07) is 21.0. The molecule has 3 aromatic rings. The van der Waals surface area contributed by atoms with Crippen molar-refractivity contribution in [2.75, 3.05) is 4.90 Å². The molecule has 0 saturated carbocycles. The molecule has 0 spiro atoms. The normalized spacial score (nSPS) is 15.3. The van der Waals surface area contributed by atoms with Gasteiger partial charge in [0.05, 0.1) is 5.69 Å². The molecule has 1 fully saturated rings. The highest BCUT2D eigenvalue weighted by Crippen LogP contribution is 2.30. The quantitative estimate of drug-likeness (QED) is 0.286. The lowest BCUT2D eigenvalue weighted by atomic mass is 10.0. The predicted molar refractivity (Wildman–Crippen MR) is 134 cm³/mol. The highest BCUT2D eigenvalue weighted by Gasteiger charge is 2.35. The standard InChI is InChI=1S/C25H19ClN2O2S2/c1-15-3-12-22(16(2)13-15)28-24(30)21(23(29)27-25(28)31)14-17-4-8-19(9-5-17)32-20-10-6-18(26)7-11-20/h3-14H,1-2H3,(H,27,29,31)/b21-14+. The topological polar surface area (TPSA) is 49.4 Å². The molecule has 1 aliphatic rings. The smallest absolute Gasteiger partial charge is 0.270 e. The van der Waals surface area contributed by atoms with Crippen molar-refractivity contribution in [3.63, 3.8) is 0 Å². The Morgan fingerprint density at radius 3 is 2.19 bits per heavy atom. The van der Waals surface area contributed by atoms with Crippen molar-refractivity contribution < 1.29 is 9.59 Å². The van der Waals surface area contributed by atoms with Crippen molar-refractivity contribution in [1.29, 1.82) is 0 Å². The number of nitrogens with one attached hydrogen (secondary N) is 1. The molecule has 1 heterocycles.